The molecule has 3 nitrogen and oxygen atoms in total. The molecule has 1 aliphatic rings. The van der Waals surface area contributed by atoms with Gasteiger partial charge in [0.05, 0.1) is 6.04 Å². The van der Waals surface area contributed by atoms with Crippen molar-refractivity contribution in [3.8, 4) is 0 Å². The third kappa shape index (κ3) is 4.12. The molecule has 1 aliphatic carbocycles. The molecule has 16 heavy (non-hydrogen) atoms. The predicted octanol–water partition coefficient (Wildman–Crippen LogP) is 2.05. The molecule has 0 bridgehead atoms. The minimum Gasteiger partial charge on any atom is -0.368 e. The van der Waals surface area contributed by atoms with Crippen LogP contribution in [0.2, 0.25) is 0 Å². The zero-order chi connectivity index (χ0) is 12.1. The van der Waals surface area contributed by atoms with Crippen molar-refractivity contribution in [3.63, 3.8) is 0 Å². The molecule has 1 rings (SSSR count). The average Bonchev–Trinajstić information content (AvgIpc) is 2.43. The van der Waals surface area contributed by atoms with Crippen LogP contribution in [0.4, 0.5) is 0 Å². The topological polar surface area (TPSA) is 55.1 Å². The SMILES string of the molecule is CC(NC1CCCC(C(C)C)CC1)C(N)=O. The van der Waals surface area contributed by atoms with E-state index in [0.717, 1.165) is 11.8 Å². The summed E-state index contributed by atoms with van der Waals surface area (Å²) in [6.07, 6.45) is 6.24. The van der Waals surface area contributed by atoms with Gasteiger partial charge < -0.3 is 11.1 Å². The van der Waals surface area contributed by atoms with Crippen LogP contribution in [-0.2, 0) is 4.79 Å². The maximum Gasteiger partial charge on any atom is 0.234 e. The number of primary amides is 1. The Morgan fingerprint density at radius 3 is 2.44 bits per heavy atom. The Balaban J connectivity index is 2.38. The van der Waals surface area contributed by atoms with Crippen LogP contribution in [0.25, 0.3) is 0 Å². The van der Waals surface area contributed by atoms with Crippen LogP contribution >= 0.6 is 0 Å². The summed E-state index contributed by atoms with van der Waals surface area (Å²) >= 11 is 0. The Morgan fingerprint density at radius 1 is 1.19 bits per heavy atom. The normalized spacial score (nSPS) is 28.8. The number of carbonyl (C=O) groups is 1. The molecule has 3 N–H and O–H groups in total. The smallest absolute Gasteiger partial charge is 0.234 e. The van der Waals surface area contributed by atoms with Gasteiger partial charge in [-0.15, -0.1) is 0 Å². The molecule has 0 radical (unpaired) electrons. The standard InChI is InChI=1S/C13H26N2O/c1-9(2)11-5-4-6-12(8-7-11)15-10(3)13(14)16/h9-12,15H,4-8H2,1-3H3,(H2,14,16). The molecule has 0 heterocycles. The third-order valence-corrected chi connectivity index (χ3v) is 3.87. The molecule has 94 valence electrons. The van der Waals surface area contributed by atoms with E-state index in [1.165, 1.54) is 32.1 Å². The molecule has 0 aromatic heterocycles. The van der Waals surface area contributed by atoms with Crippen molar-refractivity contribution in [1.29, 1.82) is 0 Å². The highest BCUT2D eigenvalue weighted by Gasteiger charge is 2.22. The fourth-order valence-electron chi connectivity index (χ4n) is 2.60. The Morgan fingerprint density at radius 2 is 1.88 bits per heavy atom. The molecule has 0 spiro atoms. The van der Waals surface area contributed by atoms with Gasteiger partial charge in [0.2, 0.25) is 5.91 Å². The third-order valence-electron chi connectivity index (χ3n) is 3.87. The first-order valence-corrected chi connectivity index (χ1v) is 6.56. The quantitative estimate of drug-likeness (QED) is 0.721. The molecule has 0 saturated heterocycles. The lowest BCUT2D eigenvalue weighted by Gasteiger charge is -2.21. The van der Waals surface area contributed by atoms with E-state index in [4.69, 9.17) is 5.73 Å². The van der Waals surface area contributed by atoms with Crippen LogP contribution in [0, 0.1) is 11.8 Å². The summed E-state index contributed by atoms with van der Waals surface area (Å²) in [5.41, 5.74) is 5.27. The fraction of sp³-hybridized carbons (Fsp3) is 0.923. The Bertz CT molecular complexity index is 228. The second kappa shape index (κ2) is 6.24. The van der Waals surface area contributed by atoms with Gasteiger partial charge >= 0.3 is 0 Å². The van der Waals surface area contributed by atoms with Gasteiger partial charge in [-0.1, -0.05) is 26.7 Å². The van der Waals surface area contributed by atoms with Crippen LogP contribution in [0.5, 0.6) is 0 Å². The molecule has 3 heteroatoms. The Kier molecular flexibility index (Phi) is 5.26. The summed E-state index contributed by atoms with van der Waals surface area (Å²) in [4.78, 5) is 11.0. The van der Waals surface area contributed by atoms with E-state index in [-0.39, 0.29) is 11.9 Å². The molecule has 0 aromatic carbocycles. The predicted molar refractivity (Wildman–Crippen MR) is 67.0 cm³/mol. The van der Waals surface area contributed by atoms with Crippen molar-refractivity contribution in [3.05, 3.63) is 0 Å². The molecule has 3 unspecified atom stereocenters. The molecule has 1 amide bonds. The van der Waals surface area contributed by atoms with Gasteiger partial charge in [0.25, 0.3) is 0 Å². The van der Waals surface area contributed by atoms with E-state index in [9.17, 15) is 4.79 Å². The second-order valence-corrected chi connectivity index (χ2v) is 5.50. The minimum absolute atomic E-state index is 0.194. The van der Waals surface area contributed by atoms with Crippen LogP contribution in [0.3, 0.4) is 0 Å². The van der Waals surface area contributed by atoms with Crippen molar-refractivity contribution in [2.45, 2.75) is 65.0 Å². The van der Waals surface area contributed by atoms with Crippen LogP contribution < -0.4 is 11.1 Å². The maximum absolute atomic E-state index is 11.0. The molecular weight excluding hydrogens is 200 g/mol. The highest BCUT2D eigenvalue weighted by atomic mass is 16.1. The van der Waals surface area contributed by atoms with Gasteiger partial charge in [0, 0.05) is 6.04 Å². The molecule has 1 fully saturated rings. The first-order chi connectivity index (χ1) is 7.50. The monoisotopic (exact) mass is 226 g/mol. The lowest BCUT2D eigenvalue weighted by atomic mass is 9.89. The van der Waals surface area contributed by atoms with Crippen LogP contribution in [-0.4, -0.2) is 18.0 Å². The summed E-state index contributed by atoms with van der Waals surface area (Å²) in [6, 6.07) is 0.284. The van der Waals surface area contributed by atoms with E-state index in [1.807, 2.05) is 6.92 Å². The van der Waals surface area contributed by atoms with Crippen LogP contribution in [0.1, 0.15) is 52.9 Å². The van der Waals surface area contributed by atoms with E-state index in [1.54, 1.807) is 0 Å². The number of rotatable bonds is 4. The second-order valence-electron chi connectivity index (χ2n) is 5.50. The number of hydrogen-bond acceptors (Lipinski definition) is 2. The average molecular weight is 226 g/mol. The van der Waals surface area contributed by atoms with Gasteiger partial charge in [-0.25, -0.2) is 0 Å². The molecule has 0 aliphatic heterocycles. The first kappa shape index (κ1) is 13.5. The first-order valence-electron chi connectivity index (χ1n) is 6.56. The molecular formula is C13H26N2O. The van der Waals surface area contributed by atoms with Gasteiger partial charge in [-0.3, -0.25) is 4.79 Å². The minimum atomic E-state index is -0.246. The van der Waals surface area contributed by atoms with E-state index < -0.39 is 0 Å². The summed E-state index contributed by atoms with van der Waals surface area (Å²) in [5, 5.41) is 3.34. The van der Waals surface area contributed by atoms with Gasteiger partial charge in [-0.2, -0.15) is 0 Å². The van der Waals surface area contributed by atoms with Crippen molar-refractivity contribution in [2.75, 3.05) is 0 Å². The van der Waals surface area contributed by atoms with E-state index in [0.29, 0.717) is 6.04 Å². The number of hydrogen-bond donors (Lipinski definition) is 2. The van der Waals surface area contributed by atoms with E-state index in [2.05, 4.69) is 19.2 Å². The molecule has 3 atom stereocenters. The summed E-state index contributed by atoms with van der Waals surface area (Å²) < 4.78 is 0. The molecule has 0 aromatic rings. The van der Waals surface area contributed by atoms with Gasteiger partial charge in [0.15, 0.2) is 0 Å². The number of nitrogens with two attached hydrogens (primary N) is 1. The van der Waals surface area contributed by atoms with Crippen LogP contribution in [0.15, 0.2) is 0 Å². The summed E-state index contributed by atoms with van der Waals surface area (Å²) in [5.74, 6) is 1.40. The highest BCUT2D eigenvalue weighted by Crippen LogP contribution is 2.28. The zero-order valence-corrected chi connectivity index (χ0v) is 10.8. The number of carbonyl (C=O) groups excluding carboxylic acids is 1. The van der Waals surface area contributed by atoms with Gasteiger partial charge in [0.1, 0.15) is 0 Å². The van der Waals surface area contributed by atoms with Crippen molar-refractivity contribution >= 4 is 5.91 Å². The molecule has 1 saturated carbocycles. The fourth-order valence-corrected chi connectivity index (χ4v) is 2.60. The zero-order valence-electron chi connectivity index (χ0n) is 10.8. The Hall–Kier alpha value is -0.570. The summed E-state index contributed by atoms with van der Waals surface area (Å²) in [6.45, 7) is 6.47. The van der Waals surface area contributed by atoms with Crippen molar-refractivity contribution < 1.29 is 4.79 Å². The lowest BCUT2D eigenvalue weighted by Crippen LogP contribution is -2.44. The summed E-state index contributed by atoms with van der Waals surface area (Å²) in [7, 11) is 0. The van der Waals surface area contributed by atoms with Crippen molar-refractivity contribution in [2.24, 2.45) is 17.6 Å². The number of nitrogens with one attached hydrogen (secondary N) is 1. The lowest BCUT2D eigenvalue weighted by molar-refractivity contribution is -0.119. The van der Waals surface area contributed by atoms with Gasteiger partial charge in [-0.05, 0) is 38.0 Å². The number of amides is 1. The maximum atomic E-state index is 11.0. The van der Waals surface area contributed by atoms with Crippen molar-refractivity contribution in [1.82, 2.24) is 5.32 Å². The highest BCUT2D eigenvalue weighted by molar-refractivity contribution is 5.79. The largest absolute Gasteiger partial charge is 0.368 e. The van der Waals surface area contributed by atoms with E-state index >= 15 is 0 Å². The Labute approximate surface area is 99.2 Å².